The number of rotatable bonds is 6. The zero-order chi connectivity index (χ0) is 22.3. The van der Waals surface area contributed by atoms with Crippen LogP contribution < -0.4 is 4.90 Å². The Bertz CT molecular complexity index is 1120. The molecular formula is C23H27N5O3. The molecule has 0 bridgehead atoms. The molecule has 3 heterocycles. The van der Waals surface area contributed by atoms with E-state index in [1.54, 1.807) is 35.8 Å². The highest BCUT2D eigenvalue weighted by molar-refractivity contribution is 6.22. The molecule has 0 atom stereocenters. The molecule has 0 radical (unpaired) electrons. The topological polar surface area (TPSA) is 84.5 Å². The highest BCUT2D eigenvalue weighted by Crippen LogP contribution is 2.32. The second kappa shape index (κ2) is 7.68. The number of anilines is 1. The molecule has 2 aromatic heterocycles. The molecule has 0 unspecified atom stereocenters. The third kappa shape index (κ3) is 3.62. The fourth-order valence-corrected chi connectivity index (χ4v) is 4.01. The summed E-state index contributed by atoms with van der Waals surface area (Å²) in [5.74, 6) is 0.477. The maximum Gasteiger partial charge on any atom is 0.332 e. The van der Waals surface area contributed by atoms with Gasteiger partial charge in [-0.25, -0.2) is 9.69 Å². The number of hydrogen-bond donors (Lipinski definition) is 0. The maximum atomic E-state index is 13.2. The summed E-state index contributed by atoms with van der Waals surface area (Å²) in [6.07, 6.45) is 3.95. The molecule has 0 aliphatic carbocycles. The average Bonchev–Trinajstić information content (AvgIpc) is 3.35. The largest absolute Gasteiger partial charge is 0.361 e. The summed E-state index contributed by atoms with van der Waals surface area (Å²) >= 11 is 0. The smallest absolute Gasteiger partial charge is 0.332 e. The molecule has 8 heteroatoms. The molecule has 3 amide bonds. The Morgan fingerprint density at radius 1 is 1.10 bits per heavy atom. The summed E-state index contributed by atoms with van der Waals surface area (Å²) in [5, 5.41) is 8.31. The van der Waals surface area contributed by atoms with E-state index in [1.807, 2.05) is 26.0 Å². The monoisotopic (exact) mass is 421 g/mol. The Kier molecular flexibility index (Phi) is 5.16. The first-order valence-electron chi connectivity index (χ1n) is 10.3. The summed E-state index contributed by atoms with van der Waals surface area (Å²) in [7, 11) is 0. The van der Waals surface area contributed by atoms with Crippen LogP contribution in [0.15, 0.2) is 41.2 Å². The van der Waals surface area contributed by atoms with Crippen LogP contribution in [-0.4, -0.2) is 43.9 Å². The molecular weight excluding hydrogens is 394 g/mol. The summed E-state index contributed by atoms with van der Waals surface area (Å²) in [6, 6.07) is 7.78. The van der Waals surface area contributed by atoms with E-state index in [4.69, 9.17) is 4.52 Å². The summed E-state index contributed by atoms with van der Waals surface area (Å²) in [5.41, 5.74) is 3.62. The van der Waals surface area contributed by atoms with Gasteiger partial charge in [-0.1, -0.05) is 29.4 Å². The predicted octanol–water partition coefficient (Wildman–Crippen LogP) is 3.63. The van der Waals surface area contributed by atoms with Gasteiger partial charge in [-0.3, -0.25) is 9.48 Å². The molecule has 4 rings (SSSR count). The van der Waals surface area contributed by atoms with Crippen molar-refractivity contribution in [3.05, 3.63) is 64.8 Å². The van der Waals surface area contributed by atoms with Gasteiger partial charge in [-0.15, -0.1) is 0 Å². The van der Waals surface area contributed by atoms with Gasteiger partial charge in [-0.2, -0.15) is 5.10 Å². The molecule has 1 fully saturated rings. The molecule has 1 saturated heterocycles. The molecule has 0 saturated carbocycles. The lowest BCUT2D eigenvalue weighted by Crippen LogP contribution is -2.45. The third-order valence-electron chi connectivity index (χ3n) is 6.07. The van der Waals surface area contributed by atoms with E-state index in [-0.39, 0.29) is 11.9 Å². The Morgan fingerprint density at radius 3 is 2.52 bits per heavy atom. The zero-order valence-electron chi connectivity index (χ0n) is 18.5. The van der Waals surface area contributed by atoms with Crippen molar-refractivity contribution in [3.63, 3.8) is 0 Å². The average molecular weight is 422 g/mol. The van der Waals surface area contributed by atoms with Crippen LogP contribution in [0.25, 0.3) is 0 Å². The summed E-state index contributed by atoms with van der Waals surface area (Å²) < 4.78 is 6.89. The molecule has 1 aliphatic rings. The lowest BCUT2D eigenvalue weighted by molar-refractivity contribution is -0.123. The van der Waals surface area contributed by atoms with Crippen LogP contribution >= 0.6 is 0 Å². The second-order valence-electron chi connectivity index (χ2n) is 8.51. The van der Waals surface area contributed by atoms with Crippen molar-refractivity contribution >= 4 is 17.6 Å². The van der Waals surface area contributed by atoms with Crippen molar-refractivity contribution in [1.29, 1.82) is 0 Å². The van der Waals surface area contributed by atoms with Crippen LogP contribution in [0.3, 0.4) is 0 Å². The van der Waals surface area contributed by atoms with Crippen LogP contribution in [0.2, 0.25) is 0 Å². The standard InChI is InChI=1S/C23H27N5O3/c1-15-8-6-7-9-18(15)10-11-27-22(30)28(21(29)23(27,4)5)19-12-24-26(13-19)14-20-16(2)25-31-17(20)3/h6-9,12-13H,10-11,14H2,1-5H3. The van der Waals surface area contributed by atoms with E-state index in [0.717, 1.165) is 17.0 Å². The molecule has 8 nitrogen and oxygen atoms in total. The number of imide groups is 1. The Morgan fingerprint density at radius 2 is 1.84 bits per heavy atom. The number of urea groups is 1. The highest BCUT2D eigenvalue weighted by atomic mass is 16.5. The van der Waals surface area contributed by atoms with Crippen molar-refractivity contribution in [2.24, 2.45) is 0 Å². The molecule has 162 valence electrons. The van der Waals surface area contributed by atoms with Crippen LogP contribution in [0.1, 0.15) is 42.0 Å². The minimum atomic E-state index is -0.927. The fraction of sp³-hybridized carbons (Fsp3) is 0.391. The first-order chi connectivity index (χ1) is 14.7. The van der Waals surface area contributed by atoms with E-state index in [0.29, 0.717) is 25.2 Å². The maximum absolute atomic E-state index is 13.2. The van der Waals surface area contributed by atoms with Crippen LogP contribution in [0, 0.1) is 20.8 Å². The Balaban J connectivity index is 1.54. The number of carbonyl (C=O) groups excluding carboxylic acids is 2. The van der Waals surface area contributed by atoms with Gasteiger partial charge in [0.15, 0.2) is 0 Å². The van der Waals surface area contributed by atoms with Crippen LogP contribution in [0.4, 0.5) is 10.5 Å². The molecule has 3 aromatic rings. The predicted molar refractivity (Wildman–Crippen MR) is 116 cm³/mol. The minimum absolute atomic E-state index is 0.251. The molecule has 0 spiro atoms. The number of benzene rings is 1. The van der Waals surface area contributed by atoms with Gasteiger partial charge >= 0.3 is 6.03 Å². The summed E-state index contributed by atoms with van der Waals surface area (Å²) in [6.45, 7) is 10.3. The molecule has 31 heavy (non-hydrogen) atoms. The lowest BCUT2D eigenvalue weighted by atomic mass is 10.0. The number of amides is 3. The number of carbonyl (C=O) groups is 2. The van der Waals surface area contributed by atoms with E-state index in [9.17, 15) is 9.59 Å². The number of hydrogen-bond acceptors (Lipinski definition) is 5. The second-order valence-corrected chi connectivity index (χ2v) is 8.51. The Hall–Kier alpha value is -3.42. The van der Waals surface area contributed by atoms with Crippen molar-refractivity contribution in [2.45, 2.75) is 53.1 Å². The normalized spacial score (nSPS) is 15.9. The number of aromatic nitrogens is 3. The van der Waals surface area contributed by atoms with E-state index in [1.165, 1.54) is 16.0 Å². The first kappa shape index (κ1) is 20.8. The van der Waals surface area contributed by atoms with Gasteiger partial charge in [0.25, 0.3) is 5.91 Å². The van der Waals surface area contributed by atoms with Gasteiger partial charge < -0.3 is 9.42 Å². The van der Waals surface area contributed by atoms with Gasteiger partial charge in [0.05, 0.1) is 24.1 Å². The summed E-state index contributed by atoms with van der Waals surface area (Å²) in [4.78, 5) is 29.3. The van der Waals surface area contributed by atoms with Gasteiger partial charge in [0.1, 0.15) is 11.3 Å². The SMILES string of the molecule is Cc1ccccc1CCN1C(=O)N(c2cnn(Cc3c(C)noc3C)c2)C(=O)C1(C)C. The Labute approximate surface area is 181 Å². The first-order valence-corrected chi connectivity index (χ1v) is 10.3. The minimum Gasteiger partial charge on any atom is -0.361 e. The van der Waals surface area contributed by atoms with Crippen LogP contribution in [0.5, 0.6) is 0 Å². The van der Waals surface area contributed by atoms with E-state index in [2.05, 4.69) is 29.3 Å². The van der Waals surface area contributed by atoms with Gasteiger partial charge in [0.2, 0.25) is 0 Å². The van der Waals surface area contributed by atoms with Crippen LogP contribution in [-0.2, 0) is 17.8 Å². The van der Waals surface area contributed by atoms with Gasteiger partial charge in [-0.05, 0) is 52.2 Å². The third-order valence-corrected chi connectivity index (χ3v) is 6.07. The van der Waals surface area contributed by atoms with Crippen molar-refractivity contribution in [2.75, 3.05) is 11.4 Å². The molecule has 1 aliphatic heterocycles. The van der Waals surface area contributed by atoms with Crippen molar-refractivity contribution in [1.82, 2.24) is 19.8 Å². The van der Waals surface area contributed by atoms with Gasteiger partial charge in [0, 0.05) is 18.3 Å². The molecule has 0 N–H and O–H groups in total. The zero-order valence-corrected chi connectivity index (χ0v) is 18.5. The quantitative estimate of drug-likeness (QED) is 0.568. The lowest BCUT2D eigenvalue weighted by Gasteiger charge is -2.27. The number of nitrogens with zero attached hydrogens (tertiary/aromatic N) is 5. The van der Waals surface area contributed by atoms with E-state index < -0.39 is 5.54 Å². The highest BCUT2D eigenvalue weighted by Gasteiger charge is 2.51. The molecule has 1 aromatic carbocycles. The number of aryl methyl sites for hydroxylation is 3. The van der Waals surface area contributed by atoms with Crippen molar-refractivity contribution in [3.8, 4) is 0 Å². The van der Waals surface area contributed by atoms with E-state index >= 15 is 0 Å². The fourth-order valence-electron chi connectivity index (χ4n) is 4.01. The van der Waals surface area contributed by atoms with Crippen molar-refractivity contribution < 1.29 is 14.1 Å².